The van der Waals surface area contributed by atoms with Crippen molar-refractivity contribution in [1.29, 1.82) is 0 Å². The van der Waals surface area contributed by atoms with Gasteiger partial charge in [-0.25, -0.2) is 4.79 Å². The Hall–Kier alpha value is -1.57. The van der Waals surface area contributed by atoms with Gasteiger partial charge in [0.15, 0.2) is 0 Å². The highest BCUT2D eigenvalue weighted by Crippen LogP contribution is 2.28. The Morgan fingerprint density at radius 1 is 1.24 bits per heavy atom. The van der Waals surface area contributed by atoms with Crippen LogP contribution in [-0.4, -0.2) is 11.1 Å². The number of carboxylic acids is 1. The lowest BCUT2D eigenvalue weighted by atomic mass is 9.96. The van der Waals surface area contributed by atoms with Gasteiger partial charge < -0.3 is 5.11 Å². The van der Waals surface area contributed by atoms with Crippen LogP contribution in [0, 0.1) is 5.92 Å². The molecule has 2 rings (SSSR count). The maximum absolute atomic E-state index is 10.8. The van der Waals surface area contributed by atoms with Crippen LogP contribution in [0.3, 0.4) is 0 Å². The van der Waals surface area contributed by atoms with Crippen LogP contribution in [0.1, 0.15) is 36.8 Å². The van der Waals surface area contributed by atoms with Gasteiger partial charge in [0.25, 0.3) is 0 Å². The van der Waals surface area contributed by atoms with Crippen molar-refractivity contribution >= 4 is 11.5 Å². The molecular weight excluding hydrogens is 212 g/mol. The number of rotatable bonds is 4. The van der Waals surface area contributed by atoms with Gasteiger partial charge in [0.2, 0.25) is 0 Å². The molecule has 0 atom stereocenters. The highest BCUT2D eigenvalue weighted by Gasteiger charge is 2.15. The van der Waals surface area contributed by atoms with Crippen molar-refractivity contribution < 1.29 is 9.90 Å². The molecule has 1 aromatic carbocycles. The van der Waals surface area contributed by atoms with Crippen molar-refractivity contribution in [2.45, 2.75) is 32.1 Å². The van der Waals surface area contributed by atoms with E-state index in [2.05, 4.69) is 6.58 Å². The Labute approximate surface area is 102 Å². The van der Waals surface area contributed by atoms with Gasteiger partial charge in [0.1, 0.15) is 0 Å². The van der Waals surface area contributed by atoms with Gasteiger partial charge in [0, 0.05) is 0 Å². The van der Waals surface area contributed by atoms with E-state index in [0.29, 0.717) is 5.56 Å². The Balaban J connectivity index is 2.02. The molecule has 1 aromatic rings. The van der Waals surface area contributed by atoms with E-state index in [1.807, 2.05) is 24.3 Å². The second-order valence-corrected chi connectivity index (χ2v) is 4.84. The fourth-order valence-corrected chi connectivity index (χ4v) is 2.51. The second-order valence-electron chi connectivity index (χ2n) is 4.84. The van der Waals surface area contributed by atoms with Crippen LogP contribution >= 0.6 is 0 Å². The molecule has 1 saturated carbocycles. The Kier molecular flexibility index (Phi) is 3.62. The molecule has 0 unspecified atom stereocenters. The molecule has 0 heterocycles. The maximum atomic E-state index is 10.8. The lowest BCUT2D eigenvalue weighted by Gasteiger charge is -2.09. The molecule has 17 heavy (non-hydrogen) atoms. The highest BCUT2D eigenvalue weighted by molar-refractivity contribution is 6.14. The van der Waals surface area contributed by atoms with Gasteiger partial charge in [-0.05, 0) is 23.5 Å². The van der Waals surface area contributed by atoms with Crippen molar-refractivity contribution in [3.63, 3.8) is 0 Å². The molecule has 0 aliphatic heterocycles. The minimum atomic E-state index is -0.950. The average molecular weight is 230 g/mol. The zero-order valence-electron chi connectivity index (χ0n) is 9.98. The summed E-state index contributed by atoms with van der Waals surface area (Å²) in [6, 6.07) is 7.78. The van der Waals surface area contributed by atoms with Crippen LogP contribution in [0.4, 0.5) is 0 Å². The quantitative estimate of drug-likeness (QED) is 0.803. The van der Waals surface area contributed by atoms with Gasteiger partial charge in [0.05, 0.1) is 5.57 Å². The second kappa shape index (κ2) is 5.17. The van der Waals surface area contributed by atoms with E-state index < -0.39 is 5.97 Å². The molecule has 2 heteroatoms. The monoisotopic (exact) mass is 230 g/mol. The predicted molar refractivity (Wildman–Crippen MR) is 68.8 cm³/mol. The Bertz CT molecular complexity index is 411. The fraction of sp³-hybridized carbons (Fsp3) is 0.400. The Morgan fingerprint density at radius 3 is 2.35 bits per heavy atom. The van der Waals surface area contributed by atoms with Gasteiger partial charge in [-0.2, -0.15) is 0 Å². The SMILES string of the molecule is C=C(C(=O)O)c1ccc(CC2CCCC2)cc1. The smallest absolute Gasteiger partial charge is 0.335 e. The first kappa shape index (κ1) is 11.9. The van der Waals surface area contributed by atoms with E-state index in [-0.39, 0.29) is 5.57 Å². The zero-order valence-corrected chi connectivity index (χ0v) is 9.98. The molecule has 90 valence electrons. The molecule has 2 nitrogen and oxygen atoms in total. The minimum Gasteiger partial charge on any atom is -0.478 e. The van der Waals surface area contributed by atoms with Crippen molar-refractivity contribution in [2.75, 3.05) is 0 Å². The fourth-order valence-electron chi connectivity index (χ4n) is 2.51. The number of carboxylic acid groups (broad SMARTS) is 1. The van der Waals surface area contributed by atoms with Crippen molar-refractivity contribution in [2.24, 2.45) is 5.92 Å². The van der Waals surface area contributed by atoms with E-state index in [0.717, 1.165) is 12.3 Å². The van der Waals surface area contributed by atoms with E-state index in [1.54, 1.807) is 0 Å². The third-order valence-corrected chi connectivity index (χ3v) is 3.56. The molecule has 1 N–H and O–H groups in total. The highest BCUT2D eigenvalue weighted by atomic mass is 16.4. The molecule has 1 aliphatic carbocycles. The van der Waals surface area contributed by atoms with E-state index in [4.69, 9.17) is 5.11 Å². The standard InChI is InChI=1S/C15H18O2/c1-11(15(16)17)14-8-6-13(7-9-14)10-12-4-2-3-5-12/h6-9,12H,1-5,10H2,(H,16,17). The van der Waals surface area contributed by atoms with Crippen LogP contribution < -0.4 is 0 Å². The van der Waals surface area contributed by atoms with Crippen molar-refractivity contribution in [1.82, 2.24) is 0 Å². The molecule has 1 fully saturated rings. The number of hydrogen-bond acceptors (Lipinski definition) is 1. The van der Waals surface area contributed by atoms with E-state index >= 15 is 0 Å². The number of aliphatic carboxylic acids is 1. The first-order valence-electron chi connectivity index (χ1n) is 6.18. The third kappa shape index (κ3) is 2.96. The molecule has 0 aromatic heterocycles. The zero-order chi connectivity index (χ0) is 12.3. The van der Waals surface area contributed by atoms with Crippen molar-refractivity contribution in [3.8, 4) is 0 Å². The largest absolute Gasteiger partial charge is 0.478 e. The number of benzene rings is 1. The molecule has 0 bridgehead atoms. The van der Waals surface area contributed by atoms with Gasteiger partial charge >= 0.3 is 5.97 Å². The van der Waals surface area contributed by atoms with E-state index in [9.17, 15) is 4.79 Å². The van der Waals surface area contributed by atoms with Crippen LogP contribution in [0.15, 0.2) is 30.8 Å². The molecule has 0 radical (unpaired) electrons. The summed E-state index contributed by atoms with van der Waals surface area (Å²) in [7, 11) is 0. The lowest BCUT2D eigenvalue weighted by Crippen LogP contribution is -2.00. The topological polar surface area (TPSA) is 37.3 Å². The summed E-state index contributed by atoms with van der Waals surface area (Å²) in [6.45, 7) is 3.56. The van der Waals surface area contributed by atoms with Gasteiger partial charge in [-0.1, -0.05) is 56.5 Å². The lowest BCUT2D eigenvalue weighted by molar-refractivity contribution is -0.130. The van der Waals surface area contributed by atoms with Crippen LogP contribution in [0.2, 0.25) is 0 Å². The summed E-state index contributed by atoms with van der Waals surface area (Å²) in [4.78, 5) is 10.8. The van der Waals surface area contributed by atoms with Crippen LogP contribution in [0.25, 0.3) is 5.57 Å². The number of carbonyl (C=O) groups is 1. The first-order valence-corrected chi connectivity index (χ1v) is 6.18. The molecule has 1 aliphatic rings. The summed E-state index contributed by atoms with van der Waals surface area (Å²) in [6.07, 6.45) is 6.52. The third-order valence-electron chi connectivity index (χ3n) is 3.56. The maximum Gasteiger partial charge on any atom is 0.335 e. The predicted octanol–water partition coefficient (Wildman–Crippen LogP) is 3.52. The minimum absolute atomic E-state index is 0.164. The van der Waals surface area contributed by atoms with E-state index in [1.165, 1.54) is 31.2 Å². The normalized spacial score (nSPS) is 16.0. The summed E-state index contributed by atoms with van der Waals surface area (Å²) in [5, 5.41) is 8.84. The summed E-state index contributed by atoms with van der Waals surface area (Å²) in [5.74, 6) is -0.128. The molecule has 0 saturated heterocycles. The Morgan fingerprint density at radius 2 is 1.82 bits per heavy atom. The van der Waals surface area contributed by atoms with Crippen molar-refractivity contribution in [3.05, 3.63) is 42.0 Å². The molecular formula is C15H18O2. The molecule has 0 amide bonds. The molecule has 0 spiro atoms. The number of hydrogen-bond donors (Lipinski definition) is 1. The summed E-state index contributed by atoms with van der Waals surface area (Å²) < 4.78 is 0. The average Bonchev–Trinajstić information content (AvgIpc) is 2.82. The first-order chi connectivity index (χ1) is 8.16. The summed E-state index contributed by atoms with van der Waals surface area (Å²) >= 11 is 0. The van der Waals surface area contributed by atoms with Crippen LogP contribution in [-0.2, 0) is 11.2 Å². The summed E-state index contributed by atoms with van der Waals surface area (Å²) in [5.41, 5.74) is 2.17. The van der Waals surface area contributed by atoms with Gasteiger partial charge in [-0.3, -0.25) is 0 Å². The van der Waals surface area contributed by atoms with Crippen LogP contribution in [0.5, 0.6) is 0 Å². The van der Waals surface area contributed by atoms with Gasteiger partial charge in [-0.15, -0.1) is 0 Å².